The summed E-state index contributed by atoms with van der Waals surface area (Å²) in [5.74, 6) is 0.525. The number of methoxy groups -OCH3 is 1. The zero-order chi connectivity index (χ0) is 16.1. The van der Waals surface area contributed by atoms with Gasteiger partial charge >= 0.3 is 0 Å². The standard InChI is InChI=1S/C15H21N3O4/c1-16-9-11-4-3-7-17(10-11)15(19)13-8-12(22-2)5-6-14(13)18(20)21/h5-6,8,11,16H,3-4,7,9-10H2,1-2H3. The molecule has 0 radical (unpaired) electrons. The molecule has 1 aromatic rings. The molecule has 1 amide bonds. The smallest absolute Gasteiger partial charge is 0.282 e. The van der Waals surface area contributed by atoms with Gasteiger partial charge in [-0.1, -0.05) is 0 Å². The number of amides is 1. The van der Waals surface area contributed by atoms with Gasteiger partial charge in [0.2, 0.25) is 0 Å². The average molecular weight is 307 g/mol. The number of ether oxygens (including phenoxy) is 1. The Bertz CT molecular complexity index is 560. The molecule has 1 atom stereocenters. The fourth-order valence-corrected chi connectivity index (χ4v) is 2.85. The van der Waals surface area contributed by atoms with Gasteiger partial charge in [-0.3, -0.25) is 14.9 Å². The van der Waals surface area contributed by atoms with Gasteiger partial charge in [-0.05, 0) is 44.5 Å². The van der Waals surface area contributed by atoms with E-state index in [-0.39, 0.29) is 17.2 Å². The van der Waals surface area contributed by atoms with E-state index in [1.165, 1.54) is 25.3 Å². The van der Waals surface area contributed by atoms with Crippen molar-refractivity contribution in [3.05, 3.63) is 33.9 Å². The van der Waals surface area contributed by atoms with Crippen LogP contribution in [0.4, 0.5) is 5.69 Å². The third kappa shape index (κ3) is 3.54. The Morgan fingerprint density at radius 1 is 1.55 bits per heavy atom. The van der Waals surface area contributed by atoms with E-state index in [2.05, 4.69) is 5.32 Å². The van der Waals surface area contributed by atoms with Gasteiger partial charge in [0, 0.05) is 19.2 Å². The molecule has 2 rings (SSSR count). The molecule has 7 nitrogen and oxygen atoms in total. The van der Waals surface area contributed by atoms with Crippen LogP contribution in [0.25, 0.3) is 0 Å². The van der Waals surface area contributed by atoms with Gasteiger partial charge in [0.1, 0.15) is 11.3 Å². The van der Waals surface area contributed by atoms with Gasteiger partial charge in [-0.15, -0.1) is 0 Å². The Balaban J connectivity index is 2.25. The van der Waals surface area contributed by atoms with Crippen LogP contribution in [0.5, 0.6) is 5.75 Å². The van der Waals surface area contributed by atoms with Crippen LogP contribution in [-0.4, -0.2) is 49.5 Å². The summed E-state index contributed by atoms with van der Waals surface area (Å²) in [5.41, 5.74) is -0.0870. The van der Waals surface area contributed by atoms with Crippen molar-refractivity contribution in [2.45, 2.75) is 12.8 Å². The Kier molecular flexibility index (Phi) is 5.32. The van der Waals surface area contributed by atoms with Crippen molar-refractivity contribution in [1.29, 1.82) is 0 Å². The van der Waals surface area contributed by atoms with Crippen LogP contribution in [0.2, 0.25) is 0 Å². The van der Waals surface area contributed by atoms with E-state index in [4.69, 9.17) is 4.74 Å². The van der Waals surface area contributed by atoms with Crippen LogP contribution < -0.4 is 10.1 Å². The minimum atomic E-state index is -0.526. The quantitative estimate of drug-likeness (QED) is 0.661. The van der Waals surface area contributed by atoms with Crippen LogP contribution in [0.1, 0.15) is 23.2 Å². The highest BCUT2D eigenvalue weighted by molar-refractivity contribution is 5.98. The summed E-state index contributed by atoms with van der Waals surface area (Å²) in [5, 5.41) is 14.3. The molecule has 0 saturated carbocycles. The summed E-state index contributed by atoms with van der Waals surface area (Å²) in [6.45, 7) is 2.09. The van der Waals surface area contributed by atoms with E-state index in [9.17, 15) is 14.9 Å². The summed E-state index contributed by atoms with van der Waals surface area (Å²) in [4.78, 5) is 25.0. The molecular weight excluding hydrogens is 286 g/mol. The maximum absolute atomic E-state index is 12.7. The Morgan fingerprint density at radius 3 is 2.95 bits per heavy atom. The van der Waals surface area contributed by atoms with Crippen LogP contribution >= 0.6 is 0 Å². The molecule has 0 spiro atoms. The van der Waals surface area contributed by atoms with Crippen molar-refractivity contribution in [3.63, 3.8) is 0 Å². The third-order valence-electron chi connectivity index (χ3n) is 3.93. The molecule has 120 valence electrons. The molecular formula is C15H21N3O4. The molecule has 1 aliphatic heterocycles. The molecule has 1 N–H and O–H groups in total. The first-order valence-electron chi connectivity index (χ1n) is 7.33. The number of carbonyl (C=O) groups excluding carboxylic acids is 1. The van der Waals surface area contributed by atoms with Gasteiger partial charge in [0.15, 0.2) is 0 Å². The van der Waals surface area contributed by atoms with Crippen molar-refractivity contribution < 1.29 is 14.5 Å². The fraction of sp³-hybridized carbons (Fsp3) is 0.533. The van der Waals surface area contributed by atoms with Crippen molar-refractivity contribution >= 4 is 11.6 Å². The van der Waals surface area contributed by atoms with Gasteiger partial charge in [-0.25, -0.2) is 0 Å². The second-order valence-electron chi connectivity index (χ2n) is 5.46. The number of hydrogen-bond donors (Lipinski definition) is 1. The minimum absolute atomic E-state index is 0.0921. The summed E-state index contributed by atoms with van der Waals surface area (Å²) in [6, 6.07) is 4.26. The van der Waals surface area contributed by atoms with Gasteiger partial charge in [0.25, 0.3) is 11.6 Å². The van der Waals surface area contributed by atoms with E-state index in [1.54, 1.807) is 4.90 Å². The molecule has 22 heavy (non-hydrogen) atoms. The monoisotopic (exact) mass is 307 g/mol. The highest BCUT2D eigenvalue weighted by atomic mass is 16.6. The van der Waals surface area contributed by atoms with E-state index < -0.39 is 4.92 Å². The van der Waals surface area contributed by atoms with Crippen LogP contribution in [-0.2, 0) is 0 Å². The highest BCUT2D eigenvalue weighted by Gasteiger charge is 2.29. The molecule has 1 saturated heterocycles. The molecule has 0 aromatic heterocycles. The van der Waals surface area contributed by atoms with Crippen molar-refractivity contribution in [3.8, 4) is 5.75 Å². The number of hydrogen-bond acceptors (Lipinski definition) is 5. The molecule has 1 unspecified atom stereocenters. The first kappa shape index (κ1) is 16.2. The SMILES string of the molecule is CNCC1CCCN(C(=O)c2cc(OC)ccc2[N+](=O)[O-])C1. The zero-order valence-electron chi connectivity index (χ0n) is 12.9. The third-order valence-corrected chi connectivity index (χ3v) is 3.93. The predicted molar refractivity (Wildman–Crippen MR) is 82.2 cm³/mol. The second-order valence-corrected chi connectivity index (χ2v) is 5.46. The van der Waals surface area contributed by atoms with E-state index in [0.29, 0.717) is 24.8 Å². The van der Waals surface area contributed by atoms with E-state index >= 15 is 0 Å². The summed E-state index contributed by atoms with van der Waals surface area (Å²) >= 11 is 0. The Hall–Kier alpha value is -2.15. The second kappa shape index (κ2) is 7.22. The van der Waals surface area contributed by atoms with Crippen molar-refractivity contribution in [2.75, 3.05) is 33.8 Å². The number of nitro benzene ring substituents is 1. The van der Waals surface area contributed by atoms with Gasteiger partial charge < -0.3 is 15.0 Å². The number of nitro groups is 1. The van der Waals surface area contributed by atoms with E-state index in [0.717, 1.165) is 19.4 Å². The lowest BCUT2D eigenvalue weighted by molar-refractivity contribution is -0.385. The predicted octanol–water partition coefficient (Wildman–Crippen LogP) is 1.67. The molecule has 1 fully saturated rings. The van der Waals surface area contributed by atoms with Crippen LogP contribution in [0.15, 0.2) is 18.2 Å². The number of rotatable bonds is 5. The molecule has 0 bridgehead atoms. The molecule has 1 aromatic carbocycles. The molecule has 1 aliphatic rings. The number of carbonyl (C=O) groups is 1. The number of piperidine rings is 1. The number of benzene rings is 1. The maximum Gasteiger partial charge on any atom is 0.282 e. The van der Waals surface area contributed by atoms with Crippen LogP contribution in [0.3, 0.4) is 0 Å². The summed E-state index contributed by atoms with van der Waals surface area (Å²) in [6.07, 6.45) is 1.97. The fourth-order valence-electron chi connectivity index (χ4n) is 2.85. The lowest BCUT2D eigenvalue weighted by atomic mass is 9.97. The Labute approximate surface area is 129 Å². The van der Waals surface area contributed by atoms with Gasteiger partial charge in [-0.2, -0.15) is 0 Å². The number of nitrogens with one attached hydrogen (secondary N) is 1. The normalized spacial score (nSPS) is 18.1. The molecule has 1 heterocycles. The first-order valence-corrected chi connectivity index (χ1v) is 7.33. The highest BCUT2D eigenvalue weighted by Crippen LogP contribution is 2.27. The van der Waals surface area contributed by atoms with Crippen molar-refractivity contribution in [1.82, 2.24) is 10.2 Å². The van der Waals surface area contributed by atoms with Crippen LogP contribution in [0, 0.1) is 16.0 Å². The topological polar surface area (TPSA) is 84.7 Å². The molecule has 7 heteroatoms. The first-order chi connectivity index (χ1) is 10.6. The number of likely N-dealkylation sites (tertiary alicyclic amines) is 1. The maximum atomic E-state index is 12.7. The Morgan fingerprint density at radius 2 is 2.32 bits per heavy atom. The minimum Gasteiger partial charge on any atom is -0.497 e. The lowest BCUT2D eigenvalue weighted by Crippen LogP contribution is -2.42. The largest absolute Gasteiger partial charge is 0.497 e. The molecule has 0 aliphatic carbocycles. The van der Waals surface area contributed by atoms with E-state index in [1.807, 2.05) is 7.05 Å². The zero-order valence-corrected chi connectivity index (χ0v) is 12.9. The number of nitrogens with zero attached hydrogens (tertiary/aromatic N) is 2. The lowest BCUT2D eigenvalue weighted by Gasteiger charge is -2.32. The average Bonchev–Trinajstić information content (AvgIpc) is 2.54. The van der Waals surface area contributed by atoms with Gasteiger partial charge in [0.05, 0.1) is 12.0 Å². The summed E-state index contributed by atoms with van der Waals surface area (Å²) in [7, 11) is 3.35. The summed E-state index contributed by atoms with van der Waals surface area (Å²) < 4.78 is 5.08. The van der Waals surface area contributed by atoms with Crippen molar-refractivity contribution in [2.24, 2.45) is 5.92 Å².